The Morgan fingerprint density at radius 3 is 2.95 bits per heavy atom. The monoisotopic (exact) mass is 321 g/mol. The molecule has 1 aliphatic heterocycles. The number of aromatic nitrogens is 3. The number of rotatable bonds is 3. The number of carbonyl (C=O) groups excluding carboxylic acids is 1. The Labute approximate surface area is 135 Å². The minimum atomic E-state index is -0.0859. The number of benzene rings is 1. The molecular formula is C15H20ClN5O. The molecule has 0 radical (unpaired) electrons. The van der Waals surface area contributed by atoms with Crippen LogP contribution in [0.25, 0.3) is 11.4 Å². The second-order valence-electron chi connectivity index (χ2n) is 5.34. The van der Waals surface area contributed by atoms with Crippen LogP contribution in [-0.2, 0) is 11.8 Å². The molecule has 3 rings (SSSR count). The summed E-state index contributed by atoms with van der Waals surface area (Å²) in [6.07, 6.45) is 4.80. The van der Waals surface area contributed by atoms with E-state index in [-0.39, 0.29) is 24.4 Å². The van der Waals surface area contributed by atoms with Crippen LogP contribution in [0.1, 0.15) is 19.3 Å². The Balaban J connectivity index is 0.00000176. The van der Waals surface area contributed by atoms with Gasteiger partial charge in [-0.15, -0.1) is 22.6 Å². The fourth-order valence-electron chi connectivity index (χ4n) is 2.59. The number of halogens is 1. The lowest BCUT2D eigenvalue weighted by atomic mass is 10.0. The SMILES string of the molecule is Cl.Cn1cnnc1-c1cccc(NC(=O)[C@H]2CCCCN2)c1. The molecule has 0 spiro atoms. The van der Waals surface area contributed by atoms with Crippen molar-refractivity contribution in [2.45, 2.75) is 25.3 Å². The first kappa shape index (κ1) is 16.5. The van der Waals surface area contributed by atoms with E-state index in [0.29, 0.717) is 0 Å². The van der Waals surface area contributed by atoms with E-state index < -0.39 is 0 Å². The highest BCUT2D eigenvalue weighted by Crippen LogP contribution is 2.20. The van der Waals surface area contributed by atoms with Gasteiger partial charge >= 0.3 is 0 Å². The summed E-state index contributed by atoms with van der Waals surface area (Å²) in [7, 11) is 1.90. The molecule has 22 heavy (non-hydrogen) atoms. The second-order valence-corrected chi connectivity index (χ2v) is 5.34. The van der Waals surface area contributed by atoms with Crippen LogP contribution in [0.2, 0.25) is 0 Å². The van der Waals surface area contributed by atoms with E-state index in [0.717, 1.165) is 42.9 Å². The third-order valence-electron chi connectivity index (χ3n) is 3.73. The smallest absolute Gasteiger partial charge is 0.241 e. The summed E-state index contributed by atoms with van der Waals surface area (Å²) in [5, 5.41) is 14.2. The van der Waals surface area contributed by atoms with Gasteiger partial charge in [0.2, 0.25) is 5.91 Å². The molecule has 6 nitrogen and oxygen atoms in total. The van der Waals surface area contributed by atoms with Crippen LogP contribution in [0, 0.1) is 0 Å². The highest BCUT2D eigenvalue weighted by atomic mass is 35.5. The maximum absolute atomic E-state index is 12.2. The zero-order valence-electron chi connectivity index (χ0n) is 12.5. The Bertz CT molecular complexity index is 636. The molecule has 1 fully saturated rings. The number of aryl methyl sites for hydroxylation is 1. The number of hydrogen-bond donors (Lipinski definition) is 2. The van der Waals surface area contributed by atoms with Gasteiger partial charge in [0.05, 0.1) is 6.04 Å². The molecule has 1 aromatic heterocycles. The van der Waals surface area contributed by atoms with Gasteiger partial charge < -0.3 is 15.2 Å². The lowest BCUT2D eigenvalue weighted by Gasteiger charge is -2.22. The fraction of sp³-hybridized carbons (Fsp3) is 0.400. The summed E-state index contributed by atoms with van der Waals surface area (Å²) < 4.78 is 1.85. The van der Waals surface area contributed by atoms with E-state index in [9.17, 15) is 4.79 Å². The number of nitrogens with one attached hydrogen (secondary N) is 2. The second kappa shape index (κ2) is 7.38. The average molecular weight is 322 g/mol. The van der Waals surface area contributed by atoms with E-state index >= 15 is 0 Å². The van der Waals surface area contributed by atoms with Crippen LogP contribution in [0.5, 0.6) is 0 Å². The minimum Gasteiger partial charge on any atom is -0.325 e. The molecule has 7 heteroatoms. The van der Waals surface area contributed by atoms with Gasteiger partial charge in [0.1, 0.15) is 6.33 Å². The average Bonchev–Trinajstić information content (AvgIpc) is 2.94. The van der Waals surface area contributed by atoms with Gasteiger partial charge in [-0.3, -0.25) is 4.79 Å². The Kier molecular flexibility index (Phi) is 5.51. The van der Waals surface area contributed by atoms with Crippen LogP contribution in [-0.4, -0.2) is 33.3 Å². The molecule has 2 heterocycles. The summed E-state index contributed by atoms with van der Waals surface area (Å²) >= 11 is 0. The zero-order valence-corrected chi connectivity index (χ0v) is 13.3. The summed E-state index contributed by atoms with van der Waals surface area (Å²) in [6.45, 7) is 0.914. The molecule has 118 valence electrons. The van der Waals surface area contributed by atoms with Crippen molar-refractivity contribution in [2.24, 2.45) is 7.05 Å². The van der Waals surface area contributed by atoms with Gasteiger partial charge in [0.15, 0.2) is 5.82 Å². The first-order chi connectivity index (χ1) is 10.2. The third-order valence-corrected chi connectivity index (χ3v) is 3.73. The number of carbonyl (C=O) groups is 1. The number of anilines is 1. The van der Waals surface area contributed by atoms with Crippen LogP contribution < -0.4 is 10.6 Å². The maximum atomic E-state index is 12.2. The predicted molar refractivity (Wildman–Crippen MR) is 88.0 cm³/mol. The van der Waals surface area contributed by atoms with Crippen molar-refractivity contribution in [2.75, 3.05) is 11.9 Å². The summed E-state index contributed by atoms with van der Waals surface area (Å²) in [4.78, 5) is 12.2. The molecular weight excluding hydrogens is 302 g/mol. The molecule has 2 N–H and O–H groups in total. The van der Waals surface area contributed by atoms with Gasteiger partial charge in [-0.1, -0.05) is 18.6 Å². The van der Waals surface area contributed by atoms with E-state index in [1.54, 1.807) is 6.33 Å². The summed E-state index contributed by atoms with van der Waals surface area (Å²) in [5.41, 5.74) is 1.72. The molecule has 1 aliphatic rings. The molecule has 1 amide bonds. The molecule has 0 aliphatic carbocycles. The van der Waals surface area contributed by atoms with Crippen molar-refractivity contribution in [3.63, 3.8) is 0 Å². The van der Waals surface area contributed by atoms with Crippen molar-refractivity contribution in [1.82, 2.24) is 20.1 Å². The van der Waals surface area contributed by atoms with Gasteiger partial charge in [0.25, 0.3) is 0 Å². The molecule has 2 aromatic rings. The van der Waals surface area contributed by atoms with Crippen molar-refractivity contribution in [3.8, 4) is 11.4 Å². The van der Waals surface area contributed by atoms with Gasteiger partial charge in [0, 0.05) is 18.3 Å². The Morgan fingerprint density at radius 2 is 2.27 bits per heavy atom. The van der Waals surface area contributed by atoms with E-state index in [4.69, 9.17) is 0 Å². The number of hydrogen-bond acceptors (Lipinski definition) is 4. The van der Waals surface area contributed by atoms with Crippen molar-refractivity contribution < 1.29 is 4.79 Å². The predicted octanol–water partition coefficient (Wildman–Crippen LogP) is 1.98. The standard InChI is InChI=1S/C15H19N5O.ClH/c1-20-10-17-19-14(20)11-5-4-6-12(9-11)18-15(21)13-7-2-3-8-16-13;/h4-6,9-10,13,16H,2-3,7-8H2,1H3,(H,18,21);1H/t13-;/m1./s1. The van der Waals surface area contributed by atoms with Crippen molar-refractivity contribution in [1.29, 1.82) is 0 Å². The third kappa shape index (κ3) is 3.64. The van der Waals surface area contributed by atoms with Crippen LogP contribution in [0.15, 0.2) is 30.6 Å². The van der Waals surface area contributed by atoms with Gasteiger partial charge in [-0.2, -0.15) is 0 Å². The number of nitrogens with zero attached hydrogens (tertiary/aromatic N) is 3. The quantitative estimate of drug-likeness (QED) is 0.907. The highest BCUT2D eigenvalue weighted by Gasteiger charge is 2.20. The number of piperidine rings is 1. The molecule has 0 saturated carbocycles. The first-order valence-electron chi connectivity index (χ1n) is 7.23. The van der Waals surface area contributed by atoms with Crippen LogP contribution in [0.4, 0.5) is 5.69 Å². The minimum absolute atomic E-state index is 0. The van der Waals surface area contributed by atoms with Gasteiger partial charge in [-0.25, -0.2) is 0 Å². The Hall–Kier alpha value is -1.92. The lowest BCUT2D eigenvalue weighted by molar-refractivity contribution is -0.118. The molecule has 1 aromatic carbocycles. The van der Waals surface area contributed by atoms with Crippen molar-refractivity contribution >= 4 is 24.0 Å². The van der Waals surface area contributed by atoms with Crippen LogP contribution >= 0.6 is 12.4 Å². The molecule has 1 atom stereocenters. The number of amides is 1. The maximum Gasteiger partial charge on any atom is 0.241 e. The lowest BCUT2D eigenvalue weighted by Crippen LogP contribution is -2.43. The fourth-order valence-corrected chi connectivity index (χ4v) is 2.59. The Morgan fingerprint density at radius 1 is 1.41 bits per heavy atom. The van der Waals surface area contributed by atoms with E-state index in [2.05, 4.69) is 20.8 Å². The van der Waals surface area contributed by atoms with Gasteiger partial charge in [-0.05, 0) is 31.5 Å². The summed E-state index contributed by atoms with van der Waals surface area (Å²) in [5.74, 6) is 0.812. The van der Waals surface area contributed by atoms with Crippen molar-refractivity contribution in [3.05, 3.63) is 30.6 Å². The topological polar surface area (TPSA) is 71.8 Å². The van der Waals surface area contributed by atoms with Crippen LogP contribution in [0.3, 0.4) is 0 Å². The van der Waals surface area contributed by atoms with E-state index in [1.807, 2.05) is 35.9 Å². The highest BCUT2D eigenvalue weighted by molar-refractivity contribution is 5.95. The first-order valence-corrected chi connectivity index (χ1v) is 7.23. The van der Waals surface area contributed by atoms with E-state index in [1.165, 1.54) is 0 Å². The molecule has 1 saturated heterocycles. The largest absolute Gasteiger partial charge is 0.325 e. The zero-order chi connectivity index (χ0) is 14.7. The summed E-state index contributed by atoms with van der Waals surface area (Å²) in [6, 6.07) is 7.59. The normalized spacial score (nSPS) is 17.6. The molecule has 0 bridgehead atoms. The molecule has 0 unspecified atom stereocenters.